The van der Waals surface area contributed by atoms with Crippen molar-refractivity contribution in [3.8, 4) is 0 Å². The van der Waals surface area contributed by atoms with Gasteiger partial charge in [0, 0.05) is 31.5 Å². The SMILES string of the molecule is Cc1cccc(CN(C)Cc2ccnc(CN)c2)n1. The van der Waals surface area contributed by atoms with Crippen molar-refractivity contribution in [2.75, 3.05) is 7.05 Å². The largest absolute Gasteiger partial charge is 0.325 e. The summed E-state index contributed by atoms with van der Waals surface area (Å²) in [5.74, 6) is 0. The standard InChI is InChI=1S/C15H20N4/c1-12-4-3-5-14(18-12)11-19(2)10-13-6-7-17-15(8-13)9-16/h3-8H,9-11,16H2,1-2H3. The van der Waals surface area contributed by atoms with Crippen LogP contribution in [-0.2, 0) is 19.6 Å². The van der Waals surface area contributed by atoms with E-state index in [1.165, 1.54) is 5.56 Å². The minimum absolute atomic E-state index is 0.483. The number of hydrogen-bond donors (Lipinski definition) is 1. The predicted octanol–water partition coefficient (Wildman–Crippen LogP) is 1.88. The van der Waals surface area contributed by atoms with Crippen molar-refractivity contribution in [2.45, 2.75) is 26.6 Å². The highest BCUT2D eigenvalue weighted by Crippen LogP contribution is 2.08. The van der Waals surface area contributed by atoms with Gasteiger partial charge in [-0.3, -0.25) is 14.9 Å². The van der Waals surface area contributed by atoms with E-state index in [0.717, 1.165) is 30.2 Å². The lowest BCUT2D eigenvalue weighted by Gasteiger charge is -2.16. The molecule has 2 aromatic rings. The molecule has 0 atom stereocenters. The Morgan fingerprint density at radius 1 is 1.16 bits per heavy atom. The molecule has 0 aliphatic carbocycles. The molecule has 4 heteroatoms. The van der Waals surface area contributed by atoms with Crippen LogP contribution in [0.15, 0.2) is 36.5 Å². The first-order valence-corrected chi connectivity index (χ1v) is 6.42. The number of nitrogens with two attached hydrogens (primary N) is 1. The molecule has 0 aromatic carbocycles. The molecule has 0 fully saturated rings. The van der Waals surface area contributed by atoms with E-state index in [1.54, 1.807) is 0 Å². The Balaban J connectivity index is 1.98. The van der Waals surface area contributed by atoms with E-state index in [4.69, 9.17) is 5.73 Å². The lowest BCUT2D eigenvalue weighted by Crippen LogP contribution is -2.18. The third-order valence-electron chi connectivity index (χ3n) is 2.92. The van der Waals surface area contributed by atoms with Crippen LogP contribution in [0.2, 0.25) is 0 Å². The van der Waals surface area contributed by atoms with E-state index in [-0.39, 0.29) is 0 Å². The number of nitrogens with zero attached hydrogens (tertiary/aromatic N) is 3. The zero-order valence-corrected chi connectivity index (χ0v) is 11.5. The summed E-state index contributed by atoms with van der Waals surface area (Å²) in [5.41, 5.74) is 9.91. The molecule has 2 N–H and O–H groups in total. The van der Waals surface area contributed by atoms with Crippen LogP contribution in [0, 0.1) is 6.92 Å². The molecule has 0 unspecified atom stereocenters. The molecule has 4 nitrogen and oxygen atoms in total. The lowest BCUT2D eigenvalue weighted by atomic mass is 10.2. The van der Waals surface area contributed by atoms with Crippen LogP contribution in [0.3, 0.4) is 0 Å². The summed E-state index contributed by atoms with van der Waals surface area (Å²) in [6.07, 6.45) is 1.82. The van der Waals surface area contributed by atoms with Crippen molar-refractivity contribution in [3.63, 3.8) is 0 Å². The van der Waals surface area contributed by atoms with Gasteiger partial charge in [-0.15, -0.1) is 0 Å². The molecular formula is C15H20N4. The first-order chi connectivity index (χ1) is 9.17. The maximum Gasteiger partial charge on any atom is 0.0547 e. The highest BCUT2D eigenvalue weighted by molar-refractivity contribution is 5.16. The molecule has 0 bridgehead atoms. The molecular weight excluding hydrogens is 236 g/mol. The molecule has 0 amide bonds. The summed E-state index contributed by atoms with van der Waals surface area (Å²) in [5, 5.41) is 0. The minimum Gasteiger partial charge on any atom is -0.325 e. The highest BCUT2D eigenvalue weighted by Gasteiger charge is 2.04. The zero-order chi connectivity index (χ0) is 13.7. The van der Waals surface area contributed by atoms with Gasteiger partial charge in [0.05, 0.1) is 11.4 Å². The van der Waals surface area contributed by atoms with Gasteiger partial charge in [-0.25, -0.2) is 0 Å². The number of hydrogen-bond acceptors (Lipinski definition) is 4. The Hall–Kier alpha value is -1.78. The van der Waals surface area contributed by atoms with Crippen LogP contribution in [-0.4, -0.2) is 21.9 Å². The Kier molecular flexibility index (Phi) is 4.60. The van der Waals surface area contributed by atoms with Crippen molar-refractivity contribution in [2.24, 2.45) is 5.73 Å². The van der Waals surface area contributed by atoms with Crippen LogP contribution in [0.1, 0.15) is 22.6 Å². The van der Waals surface area contributed by atoms with Gasteiger partial charge in [0.25, 0.3) is 0 Å². The Labute approximate surface area is 114 Å². The molecule has 2 heterocycles. The summed E-state index contributed by atoms with van der Waals surface area (Å²) in [6, 6.07) is 10.2. The molecule has 0 aliphatic rings. The summed E-state index contributed by atoms with van der Waals surface area (Å²) in [7, 11) is 2.09. The number of aryl methyl sites for hydroxylation is 1. The Morgan fingerprint density at radius 3 is 2.74 bits per heavy atom. The average Bonchev–Trinajstić information content (AvgIpc) is 2.38. The second kappa shape index (κ2) is 6.41. The summed E-state index contributed by atoms with van der Waals surface area (Å²) in [6.45, 7) is 4.20. The van der Waals surface area contributed by atoms with Crippen LogP contribution in [0.4, 0.5) is 0 Å². The maximum atomic E-state index is 5.60. The third kappa shape index (κ3) is 4.12. The second-order valence-electron chi connectivity index (χ2n) is 4.80. The van der Waals surface area contributed by atoms with Crippen molar-refractivity contribution in [3.05, 3.63) is 59.2 Å². The fourth-order valence-corrected chi connectivity index (χ4v) is 2.07. The highest BCUT2D eigenvalue weighted by atomic mass is 15.1. The molecule has 0 saturated carbocycles. The van der Waals surface area contributed by atoms with Gasteiger partial charge in [0.1, 0.15) is 0 Å². The van der Waals surface area contributed by atoms with Crippen LogP contribution in [0.25, 0.3) is 0 Å². The van der Waals surface area contributed by atoms with Gasteiger partial charge in [-0.1, -0.05) is 6.07 Å². The molecule has 0 spiro atoms. The Morgan fingerprint density at radius 2 is 2.00 bits per heavy atom. The number of rotatable bonds is 5. The van der Waals surface area contributed by atoms with E-state index >= 15 is 0 Å². The van der Waals surface area contributed by atoms with Gasteiger partial charge < -0.3 is 5.73 Å². The quantitative estimate of drug-likeness (QED) is 0.887. The minimum atomic E-state index is 0.483. The van der Waals surface area contributed by atoms with Gasteiger partial charge >= 0.3 is 0 Å². The smallest absolute Gasteiger partial charge is 0.0547 e. The van der Waals surface area contributed by atoms with E-state index in [9.17, 15) is 0 Å². The van der Waals surface area contributed by atoms with Gasteiger partial charge in [0.2, 0.25) is 0 Å². The molecule has 0 radical (unpaired) electrons. The second-order valence-corrected chi connectivity index (χ2v) is 4.80. The van der Waals surface area contributed by atoms with E-state index < -0.39 is 0 Å². The summed E-state index contributed by atoms with van der Waals surface area (Å²) >= 11 is 0. The normalized spacial score (nSPS) is 10.9. The third-order valence-corrected chi connectivity index (χ3v) is 2.92. The van der Waals surface area contributed by atoms with Crippen molar-refractivity contribution < 1.29 is 0 Å². The number of pyridine rings is 2. The molecule has 100 valence electrons. The first kappa shape index (κ1) is 13.6. The molecule has 2 rings (SSSR count). The van der Waals surface area contributed by atoms with Crippen molar-refractivity contribution in [1.29, 1.82) is 0 Å². The molecule has 0 aliphatic heterocycles. The summed E-state index contributed by atoms with van der Waals surface area (Å²) < 4.78 is 0. The summed E-state index contributed by atoms with van der Waals surface area (Å²) in [4.78, 5) is 11.0. The number of aromatic nitrogens is 2. The fraction of sp³-hybridized carbons (Fsp3) is 0.333. The van der Waals surface area contributed by atoms with E-state index in [1.807, 2.05) is 31.3 Å². The van der Waals surface area contributed by atoms with Crippen LogP contribution < -0.4 is 5.73 Å². The van der Waals surface area contributed by atoms with Gasteiger partial charge in [-0.2, -0.15) is 0 Å². The van der Waals surface area contributed by atoms with Gasteiger partial charge in [-0.05, 0) is 43.8 Å². The molecule has 19 heavy (non-hydrogen) atoms. The Bertz CT molecular complexity index is 539. The van der Waals surface area contributed by atoms with Crippen LogP contribution >= 0.6 is 0 Å². The van der Waals surface area contributed by atoms with Crippen molar-refractivity contribution >= 4 is 0 Å². The molecule has 2 aromatic heterocycles. The van der Waals surface area contributed by atoms with E-state index in [2.05, 4.69) is 34.0 Å². The van der Waals surface area contributed by atoms with Crippen molar-refractivity contribution in [1.82, 2.24) is 14.9 Å². The maximum absolute atomic E-state index is 5.60. The fourth-order valence-electron chi connectivity index (χ4n) is 2.07. The lowest BCUT2D eigenvalue weighted by molar-refractivity contribution is 0.314. The van der Waals surface area contributed by atoms with E-state index in [0.29, 0.717) is 6.54 Å². The molecule has 0 saturated heterocycles. The zero-order valence-electron chi connectivity index (χ0n) is 11.5. The van der Waals surface area contributed by atoms with Crippen LogP contribution in [0.5, 0.6) is 0 Å². The monoisotopic (exact) mass is 256 g/mol. The van der Waals surface area contributed by atoms with Gasteiger partial charge in [0.15, 0.2) is 0 Å². The average molecular weight is 256 g/mol. The first-order valence-electron chi connectivity index (χ1n) is 6.42. The predicted molar refractivity (Wildman–Crippen MR) is 76.3 cm³/mol. The topological polar surface area (TPSA) is 55.0 Å².